The standard InChI is InChI=1S/C14H21F3N2/c15-14(16,17)12-19(11-9-18)10-5-4-8-13-6-2-1-3-7-13/h1-3,6-7H,4-5,8-12,18H2. The summed E-state index contributed by atoms with van der Waals surface area (Å²) in [6.07, 6.45) is -1.59. The van der Waals surface area contributed by atoms with E-state index >= 15 is 0 Å². The SMILES string of the molecule is NCCN(CCCCc1ccccc1)CC(F)(F)F. The van der Waals surface area contributed by atoms with Gasteiger partial charge in [0.15, 0.2) is 0 Å². The summed E-state index contributed by atoms with van der Waals surface area (Å²) >= 11 is 0. The Bertz CT molecular complexity index is 338. The lowest BCUT2D eigenvalue weighted by molar-refractivity contribution is -0.145. The molecule has 0 aromatic heterocycles. The first-order valence-electron chi connectivity index (χ1n) is 6.54. The van der Waals surface area contributed by atoms with Crippen LogP contribution in [0.3, 0.4) is 0 Å². The van der Waals surface area contributed by atoms with E-state index in [4.69, 9.17) is 5.73 Å². The third kappa shape index (κ3) is 7.85. The fourth-order valence-corrected chi connectivity index (χ4v) is 2.02. The molecule has 0 saturated carbocycles. The van der Waals surface area contributed by atoms with Gasteiger partial charge in [0.2, 0.25) is 0 Å². The third-order valence-corrected chi connectivity index (χ3v) is 2.88. The highest BCUT2D eigenvalue weighted by Gasteiger charge is 2.29. The molecule has 0 fully saturated rings. The van der Waals surface area contributed by atoms with Crippen LogP contribution in [0.25, 0.3) is 0 Å². The molecule has 5 heteroatoms. The minimum Gasteiger partial charge on any atom is -0.329 e. The summed E-state index contributed by atoms with van der Waals surface area (Å²) in [5.74, 6) is 0. The second kappa shape index (κ2) is 8.17. The smallest absolute Gasteiger partial charge is 0.329 e. The number of halogens is 3. The van der Waals surface area contributed by atoms with Crippen molar-refractivity contribution < 1.29 is 13.2 Å². The number of hydrogen-bond acceptors (Lipinski definition) is 2. The molecule has 0 heterocycles. The van der Waals surface area contributed by atoms with E-state index in [1.54, 1.807) is 0 Å². The Kier molecular flexibility index (Phi) is 6.87. The van der Waals surface area contributed by atoms with Crippen LogP contribution in [0, 0.1) is 0 Å². The molecule has 0 radical (unpaired) electrons. The van der Waals surface area contributed by atoms with E-state index in [0.29, 0.717) is 13.1 Å². The highest BCUT2D eigenvalue weighted by molar-refractivity contribution is 5.14. The molecule has 0 saturated heterocycles. The third-order valence-electron chi connectivity index (χ3n) is 2.88. The van der Waals surface area contributed by atoms with Crippen molar-refractivity contribution in [1.29, 1.82) is 0 Å². The fourth-order valence-electron chi connectivity index (χ4n) is 2.02. The van der Waals surface area contributed by atoms with Crippen molar-refractivity contribution in [1.82, 2.24) is 4.90 Å². The summed E-state index contributed by atoms with van der Waals surface area (Å²) in [4.78, 5) is 1.38. The lowest BCUT2D eigenvalue weighted by atomic mass is 10.1. The van der Waals surface area contributed by atoms with E-state index in [9.17, 15) is 13.2 Å². The Hall–Kier alpha value is -1.07. The second-order valence-corrected chi connectivity index (χ2v) is 4.62. The lowest BCUT2D eigenvalue weighted by Crippen LogP contribution is -2.38. The van der Waals surface area contributed by atoms with Crippen molar-refractivity contribution in [3.8, 4) is 0 Å². The Morgan fingerprint density at radius 1 is 1.00 bits per heavy atom. The lowest BCUT2D eigenvalue weighted by Gasteiger charge is -2.22. The van der Waals surface area contributed by atoms with Crippen molar-refractivity contribution in [2.24, 2.45) is 5.73 Å². The molecule has 2 nitrogen and oxygen atoms in total. The van der Waals surface area contributed by atoms with Gasteiger partial charge in [-0.15, -0.1) is 0 Å². The monoisotopic (exact) mass is 274 g/mol. The van der Waals surface area contributed by atoms with E-state index in [1.165, 1.54) is 10.5 Å². The topological polar surface area (TPSA) is 29.3 Å². The molecule has 0 atom stereocenters. The van der Waals surface area contributed by atoms with Crippen LogP contribution in [0.15, 0.2) is 30.3 Å². The van der Waals surface area contributed by atoms with Gasteiger partial charge in [-0.1, -0.05) is 30.3 Å². The molecule has 0 amide bonds. The number of nitrogens with two attached hydrogens (primary N) is 1. The number of hydrogen-bond donors (Lipinski definition) is 1. The maximum atomic E-state index is 12.3. The summed E-state index contributed by atoms with van der Waals surface area (Å²) in [7, 11) is 0. The number of benzene rings is 1. The van der Waals surface area contributed by atoms with Gasteiger partial charge in [0.25, 0.3) is 0 Å². The van der Waals surface area contributed by atoms with Gasteiger partial charge in [-0.05, 0) is 31.4 Å². The Morgan fingerprint density at radius 3 is 2.26 bits per heavy atom. The summed E-state index contributed by atoms with van der Waals surface area (Å²) in [5, 5.41) is 0. The number of nitrogens with zero attached hydrogens (tertiary/aromatic N) is 1. The van der Waals surface area contributed by atoms with Gasteiger partial charge in [0.1, 0.15) is 0 Å². The van der Waals surface area contributed by atoms with Crippen LogP contribution < -0.4 is 5.73 Å². The van der Waals surface area contributed by atoms with E-state index in [2.05, 4.69) is 0 Å². The maximum Gasteiger partial charge on any atom is 0.401 e. The first-order valence-corrected chi connectivity index (χ1v) is 6.54. The van der Waals surface area contributed by atoms with Crippen molar-refractivity contribution >= 4 is 0 Å². The molecule has 0 aliphatic rings. The van der Waals surface area contributed by atoms with Gasteiger partial charge in [-0.25, -0.2) is 0 Å². The summed E-state index contributed by atoms with van der Waals surface area (Å²) in [6.45, 7) is 0.138. The van der Waals surface area contributed by atoms with Crippen molar-refractivity contribution in [2.45, 2.75) is 25.4 Å². The van der Waals surface area contributed by atoms with Crippen LogP contribution in [0.1, 0.15) is 18.4 Å². The quantitative estimate of drug-likeness (QED) is 0.739. The fraction of sp³-hybridized carbons (Fsp3) is 0.571. The van der Waals surface area contributed by atoms with Gasteiger partial charge >= 0.3 is 6.18 Å². The minimum atomic E-state index is -4.14. The summed E-state index contributed by atoms with van der Waals surface area (Å²) in [5.41, 5.74) is 6.56. The van der Waals surface area contributed by atoms with Crippen molar-refractivity contribution in [3.63, 3.8) is 0 Å². The van der Waals surface area contributed by atoms with Gasteiger partial charge in [-0.2, -0.15) is 13.2 Å². The highest BCUT2D eigenvalue weighted by Crippen LogP contribution is 2.16. The summed E-state index contributed by atoms with van der Waals surface area (Å²) < 4.78 is 37.0. The second-order valence-electron chi connectivity index (χ2n) is 4.62. The summed E-state index contributed by atoms with van der Waals surface area (Å²) in [6, 6.07) is 9.97. The number of alkyl halides is 3. The predicted molar refractivity (Wildman–Crippen MR) is 70.9 cm³/mol. The van der Waals surface area contributed by atoms with Crippen LogP contribution in [-0.4, -0.2) is 37.3 Å². The van der Waals surface area contributed by atoms with Crippen molar-refractivity contribution in [2.75, 3.05) is 26.2 Å². The molecular weight excluding hydrogens is 253 g/mol. The molecule has 0 bridgehead atoms. The van der Waals surface area contributed by atoms with Crippen LogP contribution in [0.4, 0.5) is 13.2 Å². The predicted octanol–water partition coefficient (Wildman–Crippen LogP) is 2.83. The zero-order valence-electron chi connectivity index (χ0n) is 11.0. The van der Waals surface area contributed by atoms with Crippen LogP contribution in [0.5, 0.6) is 0 Å². The maximum absolute atomic E-state index is 12.3. The van der Waals surface area contributed by atoms with E-state index in [1.807, 2.05) is 30.3 Å². The molecule has 2 N–H and O–H groups in total. The molecule has 108 valence electrons. The first-order chi connectivity index (χ1) is 9.01. The molecule has 0 aliphatic heterocycles. The average Bonchev–Trinajstić information content (AvgIpc) is 2.34. The molecule has 1 aromatic rings. The van der Waals surface area contributed by atoms with E-state index in [0.717, 1.165) is 19.3 Å². The molecule has 19 heavy (non-hydrogen) atoms. The van der Waals surface area contributed by atoms with Gasteiger partial charge in [0.05, 0.1) is 6.54 Å². The van der Waals surface area contributed by atoms with E-state index in [-0.39, 0.29) is 6.54 Å². The normalized spacial score (nSPS) is 12.1. The molecule has 0 aliphatic carbocycles. The van der Waals surface area contributed by atoms with Gasteiger partial charge < -0.3 is 5.73 Å². The molecule has 1 rings (SSSR count). The Morgan fingerprint density at radius 2 is 1.68 bits per heavy atom. The molecule has 0 spiro atoms. The van der Waals surface area contributed by atoms with E-state index < -0.39 is 12.7 Å². The average molecular weight is 274 g/mol. The molecule has 0 unspecified atom stereocenters. The van der Waals surface area contributed by atoms with Crippen LogP contribution in [0.2, 0.25) is 0 Å². The Balaban J connectivity index is 2.24. The van der Waals surface area contributed by atoms with Gasteiger partial charge in [0, 0.05) is 13.1 Å². The number of unbranched alkanes of at least 4 members (excludes halogenated alkanes) is 1. The molecular formula is C14H21F3N2. The largest absolute Gasteiger partial charge is 0.401 e. The zero-order chi connectivity index (χ0) is 14.1. The Labute approximate surface area is 112 Å². The molecule has 1 aromatic carbocycles. The van der Waals surface area contributed by atoms with Crippen LogP contribution in [-0.2, 0) is 6.42 Å². The number of rotatable bonds is 8. The van der Waals surface area contributed by atoms with Crippen LogP contribution >= 0.6 is 0 Å². The first kappa shape index (κ1) is 16.0. The van der Waals surface area contributed by atoms with Gasteiger partial charge in [-0.3, -0.25) is 4.90 Å². The number of aryl methyl sites for hydroxylation is 1. The van der Waals surface area contributed by atoms with Crippen molar-refractivity contribution in [3.05, 3.63) is 35.9 Å². The zero-order valence-corrected chi connectivity index (χ0v) is 11.0. The minimum absolute atomic E-state index is 0.259. The highest BCUT2D eigenvalue weighted by atomic mass is 19.4.